The summed E-state index contributed by atoms with van der Waals surface area (Å²) < 4.78 is 11.7. The lowest BCUT2D eigenvalue weighted by Crippen LogP contribution is -2.53. The second-order valence-electron chi connectivity index (χ2n) is 14.4. The minimum absolute atomic E-state index is 0.0711. The minimum Gasteiger partial charge on any atom is -0.453 e. The number of benzene rings is 2. The molecule has 7 atom stereocenters. The molecule has 5 heterocycles. The molecule has 278 valence electrons. The van der Waals surface area contributed by atoms with Gasteiger partial charge in [-0.05, 0) is 64.0 Å². The average molecular weight is 741 g/mol. The van der Waals surface area contributed by atoms with Crippen LogP contribution in [0.15, 0.2) is 48.8 Å². The number of thiophene rings is 1. The molecule has 53 heavy (non-hydrogen) atoms. The number of aromatic amines is 2. The van der Waals surface area contributed by atoms with Crippen molar-refractivity contribution in [3.8, 4) is 22.5 Å². The summed E-state index contributed by atoms with van der Waals surface area (Å²) >= 11 is 1.73. The van der Waals surface area contributed by atoms with E-state index in [1.54, 1.807) is 30.1 Å². The van der Waals surface area contributed by atoms with Gasteiger partial charge in [-0.15, -0.1) is 11.3 Å². The first-order valence-electron chi connectivity index (χ1n) is 18.1. The van der Waals surface area contributed by atoms with E-state index in [1.807, 2.05) is 12.4 Å². The molecule has 14 nitrogen and oxygen atoms in total. The molecule has 1 saturated carbocycles. The van der Waals surface area contributed by atoms with Gasteiger partial charge in [-0.25, -0.2) is 19.6 Å². The molecule has 5 N–H and O–H groups in total. The SMILES string of the molecule is COC(=O)N[C@@H](C)C(=O)N1CCC[C@H]1c1ncc(-c2ccc3c(c2)sc2cc(-c4cnc([C@@H]5[C@H]6CC[C@H](C6)N5C(O)[C@H](C)NC(=O)OC)[nH]4)ccc23)[nH]1. The van der Waals surface area contributed by atoms with Crippen LogP contribution in [0, 0.1) is 5.92 Å². The first-order valence-corrected chi connectivity index (χ1v) is 19.0. The maximum atomic E-state index is 13.2. The van der Waals surface area contributed by atoms with Crippen LogP contribution in [0.1, 0.15) is 69.7 Å². The fourth-order valence-corrected chi connectivity index (χ4v) is 9.79. The summed E-state index contributed by atoms with van der Waals surface area (Å²) in [7, 11) is 2.59. The van der Waals surface area contributed by atoms with Gasteiger partial charge in [0.25, 0.3) is 0 Å². The standard InChI is InChI=1S/C38H44N8O6S/c1-19(41-37(49)51-3)35(47)45-13-5-6-29(45)33-39-17-27(43-33)21-8-11-25-26-12-9-22(16-31(26)53-30(25)15-21)28-18-40-34(44-28)32-23-7-10-24(14-23)46(32)36(48)20(2)42-38(50)52-4/h8-9,11-12,15-20,23-24,29,32,36,48H,5-7,10,13-14H2,1-4H3,(H,39,43)(H,40,44)(H,41,49)(H,42,50)/t19-,20-,23-,24+,29-,32-,36?/m0/s1. The molecule has 2 aliphatic heterocycles. The molecule has 2 bridgehead atoms. The third kappa shape index (κ3) is 6.40. The van der Waals surface area contributed by atoms with E-state index in [4.69, 9.17) is 9.72 Å². The molecule has 3 aliphatic rings. The Morgan fingerprint density at radius 2 is 1.51 bits per heavy atom. The van der Waals surface area contributed by atoms with E-state index in [2.05, 4.69) is 71.6 Å². The van der Waals surface area contributed by atoms with Crippen molar-refractivity contribution < 1.29 is 29.0 Å². The number of methoxy groups -OCH3 is 2. The van der Waals surface area contributed by atoms with Crippen LogP contribution < -0.4 is 10.6 Å². The largest absolute Gasteiger partial charge is 0.453 e. The number of amides is 3. The molecule has 3 amide bonds. The lowest BCUT2D eigenvalue weighted by molar-refractivity contribution is -0.134. The summed E-state index contributed by atoms with van der Waals surface area (Å²) in [5.74, 6) is 1.77. The predicted octanol–water partition coefficient (Wildman–Crippen LogP) is 5.83. The van der Waals surface area contributed by atoms with E-state index in [0.29, 0.717) is 12.5 Å². The quantitative estimate of drug-likeness (QED) is 0.124. The van der Waals surface area contributed by atoms with Gasteiger partial charge < -0.3 is 40.1 Å². The van der Waals surface area contributed by atoms with Gasteiger partial charge in [0.2, 0.25) is 5.91 Å². The molecule has 5 aromatic rings. The number of alkyl carbamates (subject to hydrolysis) is 2. The molecule has 0 radical (unpaired) electrons. The lowest BCUT2D eigenvalue weighted by atomic mass is 9.97. The zero-order valence-corrected chi connectivity index (χ0v) is 30.9. The van der Waals surface area contributed by atoms with Crippen LogP contribution in [-0.2, 0) is 14.3 Å². The number of hydrogen-bond acceptors (Lipinski definition) is 10. The number of aliphatic hydroxyl groups is 1. The van der Waals surface area contributed by atoms with Crippen LogP contribution >= 0.6 is 11.3 Å². The normalized spacial score (nSPS) is 23.0. The number of hydrogen-bond donors (Lipinski definition) is 5. The third-order valence-corrected chi connectivity index (χ3v) is 12.3. The van der Waals surface area contributed by atoms with Crippen molar-refractivity contribution in [2.24, 2.45) is 5.92 Å². The number of likely N-dealkylation sites (tertiary alicyclic amines) is 2. The fraction of sp³-hybridized carbons (Fsp3) is 0.447. The van der Waals surface area contributed by atoms with Crippen LogP contribution in [0.4, 0.5) is 9.59 Å². The smallest absolute Gasteiger partial charge is 0.407 e. The molecule has 1 unspecified atom stereocenters. The highest BCUT2D eigenvalue weighted by molar-refractivity contribution is 7.25. The van der Waals surface area contributed by atoms with Gasteiger partial charge in [0.05, 0.1) is 56.1 Å². The molecular formula is C38H44N8O6S. The topological polar surface area (TPSA) is 178 Å². The molecule has 8 rings (SSSR count). The van der Waals surface area contributed by atoms with Gasteiger partial charge in [-0.2, -0.15) is 0 Å². The molecule has 15 heteroatoms. The van der Waals surface area contributed by atoms with Crippen LogP contribution in [0.2, 0.25) is 0 Å². The minimum atomic E-state index is -0.872. The van der Waals surface area contributed by atoms with Crippen LogP contribution in [0.5, 0.6) is 0 Å². The Morgan fingerprint density at radius 1 is 0.887 bits per heavy atom. The highest BCUT2D eigenvalue weighted by atomic mass is 32.1. The maximum absolute atomic E-state index is 13.2. The first kappa shape index (κ1) is 35.1. The summed E-state index contributed by atoms with van der Waals surface area (Å²) in [6.45, 7) is 4.05. The Balaban J connectivity index is 1.01. The number of ether oxygens (including phenoxy) is 2. The molecule has 0 spiro atoms. The molecule has 2 aromatic carbocycles. The number of nitrogens with one attached hydrogen (secondary N) is 4. The average Bonchev–Trinajstić information content (AvgIpc) is 4.02. The Bertz CT molecular complexity index is 2180. The van der Waals surface area contributed by atoms with Crippen LogP contribution in [0.3, 0.4) is 0 Å². The first-order chi connectivity index (χ1) is 25.6. The number of piperidine rings is 1. The number of aliphatic hydroxyl groups excluding tert-OH is 1. The van der Waals surface area contributed by atoms with E-state index in [-0.39, 0.29) is 24.0 Å². The highest BCUT2D eigenvalue weighted by Crippen LogP contribution is 2.51. The third-order valence-electron chi connectivity index (χ3n) is 11.2. The van der Waals surface area contributed by atoms with E-state index in [1.165, 1.54) is 25.0 Å². The van der Waals surface area contributed by atoms with Crippen molar-refractivity contribution in [3.05, 3.63) is 60.4 Å². The molecule has 2 saturated heterocycles. The maximum Gasteiger partial charge on any atom is 0.407 e. The second-order valence-corrected chi connectivity index (χ2v) is 15.5. The zero-order valence-electron chi connectivity index (χ0n) is 30.1. The van der Waals surface area contributed by atoms with Gasteiger partial charge in [-0.1, -0.05) is 24.3 Å². The van der Waals surface area contributed by atoms with Crippen molar-refractivity contribution >= 4 is 49.6 Å². The Hall–Kier alpha value is -4.99. The van der Waals surface area contributed by atoms with Gasteiger partial charge in [0.15, 0.2) is 0 Å². The number of imidazole rings is 2. The van der Waals surface area contributed by atoms with Gasteiger partial charge >= 0.3 is 12.2 Å². The summed E-state index contributed by atoms with van der Waals surface area (Å²) in [5, 5.41) is 19.0. The van der Waals surface area contributed by atoms with E-state index < -0.39 is 30.5 Å². The fourth-order valence-electron chi connectivity index (χ4n) is 8.60. The van der Waals surface area contributed by atoms with Crippen molar-refractivity contribution in [2.45, 2.75) is 82.4 Å². The molecule has 3 aromatic heterocycles. The number of aromatic nitrogens is 4. The lowest BCUT2D eigenvalue weighted by Gasteiger charge is -2.39. The predicted molar refractivity (Wildman–Crippen MR) is 200 cm³/mol. The molecule has 1 aliphatic carbocycles. The van der Waals surface area contributed by atoms with Crippen molar-refractivity contribution in [1.82, 2.24) is 40.4 Å². The molecule has 3 fully saturated rings. The zero-order chi connectivity index (χ0) is 37.0. The van der Waals surface area contributed by atoms with Gasteiger partial charge in [-0.3, -0.25) is 9.69 Å². The number of carbonyl (C=O) groups excluding carboxylic acids is 3. The summed E-state index contributed by atoms with van der Waals surface area (Å²) in [6, 6.07) is 11.6. The van der Waals surface area contributed by atoms with Gasteiger partial charge in [0, 0.05) is 43.9 Å². The highest BCUT2D eigenvalue weighted by Gasteiger charge is 2.51. The summed E-state index contributed by atoms with van der Waals surface area (Å²) in [4.78, 5) is 57.2. The van der Waals surface area contributed by atoms with Gasteiger partial charge in [0.1, 0.15) is 23.9 Å². The summed E-state index contributed by atoms with van der Waals surface area (Å²) in [5.41, 5.74) is 3.83. The van der Waals surface area contributed by atoms with Crippen molar-refractivity contribution in [1.29, 1.82) is 0 Å². The Morgan fingerprint density at radius 3 is 2.17 bits per heavy atom. The molecular weight excluding hydrogens is 697 g/mol. The number of H-pyrrole nitrogens is 2. The van der Waals surface area contributed by atoms with Crippen molar-refractivity contribution in [2.75, 3.05) is 20.8 Å². The van der Waals surface area contributed by atoms with Crippen molar-refractivity contribution in [3.63, 3.8) is 0 Å². The number of carbonyl (C=O) groups is 3. The Kier molecular flexibility index (Phi) is 9.33. The summed E-state index contributed by atoms with van der Waals surface area (Å²) in [6.07, 6.45) is 6.35. The van der Waals surface area contributed by atoms with E-state index in [9.17, 15) is 19.5 Å². The second kappa shape index (κ2) is 14.1. The monoisotopic (exact) mass is 740 g/mol. The van der Waals surface area contributed by atoms with Crippen LogP contribution in [0.25, 0.3) is 42.7 Å². The Labute approximate surface area is 310 Å². The van der Waals surface area contributed by atoms with E-state index in [0.717, 1.165) is 75.7 Å². The van der Waals surface area contributed by atoms with E-state index >= 15 is 0 Å². The number of nitrogens with zero attached hydrogens (tertiary/aromatic N) is 4. The number of fused-ring (bicyclic) bond motifs is 5. The van der Waals surface area contributed by atoms with Crippen LogP contribution in [-0.4, -0.2) is 98.1 Å². The number of rotatable bonds is 9.